The maximum Gasteiger partial charge on any atom is 0.325 e. The number of aryl methyl sites for hydroxylation is 1. The van der Waals surface area contributed by atoms with Gasteiger partial charge in [-0.05, 0) is 54.2 Å². The number of fused-ring (bicyclic) bond motifs is 3. The van der Waals surface area contributed by atoms with E-state index in [-0.39, 0.29) is 37.3 Å². The first-order chi connectivity index (χ1) is 19.2. The predicted molar refractivity (Wildman–Crippen MR) is 138 cm³/mol. The monoisotopic (exact) mass is 543 g/mol. The molecule has 3 aromatic rings. The molecule has 2 aliphatic carbocycles. The van der Waals surface area contributed by atoms with Gasteiger partial charge in [-0.15, -0.1) is 0 Å². The summed E-state index contributed by atoms with van der Waals surface area (Å²) in [5.74, 6) is -1.01. The Bertz CT molecular complexity index is 1610. The maximum atomic E-state index is 14.0. The molecule has 1 aromatic heterocycles. The number of Topliss-reactive ketones (excluding diaryl/α,β-unsaturated/α-hetero) is 1. The van der Waals surface area contributed by atoms with E-state index in [1.54, 1.807) is 47.1 Å². The van der Waals surface area contributed by atoms with Gasteiger partial charge in [0.2, 0.25) is 5.91 Å². The third kappa shape index (κ3) is 3.79. The number of benzene rings is 2. The normalized spacial score (nSPS) is 23.6. The van der Waals surface area contributed by atoms with Crippen molar-refractivity contribution in [1.82, 2.24) is 24.9 Å². The molecule has 1 spiro atoms. The van der Waals surface area contributed by atoms with E-state index in [9.17, 15) is 23.6 Å². The smallest absolute Gasteiger partial charge is 0.325 e. The maximum absolute atomic E-state index is 14.0. The standard InChI is InChI=1S/C29H26FN5O5/c1-33-12-19(11-31-33)17-4-6-22-21(9-17)24(36)10-29(22)27(38)35(28(39)32-29)14-26(37)34-13-18-8-20(30)5-7-25(18)40-15-23(34)16-2-3-16/h4-9,11-12,16,23H,2-3,10,13-15H2,1H3,(H,32,39)/t23-,29-/m0/s1. The third-order valence-electron chi connectivity index (χ3n) is 8.37. The Morgan fingerprint density at radius 3 is 2.73 bits per heavy atom. The minimum Gasteiger partial charge on any atom is -0.491 e. The van der Waals surface area contributed by atoms with E-state index in [0.29, 0.717) is 22.4 Å². The summed E-state index contributed by atoms with van der Waals surface area (Å²) < 4.78 is 21.6. The number of halogens is 1. The summed E-state index contributed by atoms with van der Waals surface area (Å²) in [6.45, 7) is -0.127. The average Bonchev–Trinajstić information content (AvgIpc) is 3.60. The highest BCUT2D eigenvalue weighted by molar-refractivity contribution is 6.17. The molecule has 1 saturated carbocycles. The molecule has 0 radical (unpaired) electrons. The molecule has 0 bridgehead atoms. The zero-order chi connectivity index (χ0) is 27.8. The number of imide groups is 1. The quantitative estimate of drug-likeness (QED) is 0.507. The lowest BCUT2D eigenvalue weighted by atomic mass is 9.90. The number of aromatic nitrogens is 2. The average molecular weight is 544 g/mol. The molecule has 204 valence electrons. The van der Waals surface area contributed by atoms with E-state index in [4.69, 9.17) is 4.74 Å². The van der Waals surface area contributed by atoms with Crippen LogP contribution in [0.4, 0.5) is 9.18 Å². The first-order valence-corrected chi connectivity index (χ1v) is 13.2. The summed E-state index contributed by atoms with van der Waals surface area (Å²) in [5, 5.41) is 6.89. The van der Waals surface area contributed by atoms with Gasteiger partial charge < -0.3 is 15.0 Å². The molecular weight excluding hydrogens is 517 g/mol. The number of ether oxygens (including phenoxy) is 1. The number of rotatable bonds is 4. The largest absolute Gasteiger partial charge is 0.491 e. The van der Waals surface area contributed by atoms with E-state index in [2.05, 4.69) is 10.4 Å². The minimum atomic E-state index is -1.55. The SMILES string of the molecule is Cn1cc(-c2ccc3c(c2)C(=O)C[C@]32NC(=O)N(CC(=O)N3Cc4cc(F)ccc4OC[C@H]3C3CC3)C2=O)cn1. The summed E-state index contributed by atoms with van der Waals surface area (Å²) in [6, 6.07) is 8.42. The molecule has 10 nitrogen and oxygen atoms in total. The van der Waals surface area contributed by atoms with Gasteiger partial charge in [-0.2, -0.15) is 5.10 Å². The summed E-state index contributed by atoms with van der Waals surface area (Å²) in [7, 11) is 1.79. The van der Waals surface area contributed by atoms with Crippen molar-refractivity contribution in [2.75, 3.05) is 13.2 Å². The lowest BCUT2D eigenvalue weighted by Gasteiger charge is -2.30. The van der Waals surface area contributed by atoms with Gasteiger partial charge in [0.05, 0.1) is 12.2 Å². The number of carbonyl (C=O) groups excluding carboxylic acids is 4. The van der Waals surface area contributed by atoms with Gasteiger partial charge in [0.1, 0.15) is 24.7 Å². The Kier molecular flexibility index (Phi) is 5.35. The molecular formula is C29H26FN5O5. The van der Waals surface area contributed by atoms with Crippen LogP contribution < -0.4 is 10.1 Å². The third-order valence-corrected chi connectivity index (χ3v) is 8.37. The van der Waals surface area contributed by atoms with Crippen LogP contribution >= 0.6 is 0 Å². The number of hydrogen-bond acceptors (Lipinski definition) is 6. The molecule has 1 N–H and O–H groups in total. The van der Waals surface area contributed by atoms with Crippen molar-refractivity contribution in [2.45, 2.75) is 37.4 Å². The molecule has 2 atom stereocenters. The topological polar surface area (TPSA) is 114 Å². The Morgan fingerprint density at radius 2 is 1.98 bits per heavy atom. The van der Waals surface area contributed by atoms with Crippen molar-refractivity contribution in [3.05, 3.63) is 71.3 Å². The molecule has 11 heteroatoms. The number of hydrogen-bond donors (Lipinski definition) is 1. The molecule has 7 rings (SSSR count). The molecule has 2 fully saturated rings. The van der Waals surface area contributed by atoms with Gasteiger partial charge in [-0.25, -0.2) is 9.18 Å². The van der Waals surface area contributed by atoms with Gasteiger partial charge in [-0.3, -0.25) is 24.0 Å². The van der Waals surface area contributed by atoms with Crippen LogP contribution in [-0.2, 0) is 28.7 Å². The summed E-state index contributed by atoms with van der Waals surface area (Å²) in [5.41, 5.74) is 1.35. The summed E-state index contributed by atoms with van der Waals surface area (Å²) >= 11 is 0. The Labute approximate surface area is 228 Å². The lowest BCUT2D eigenvalue weighted by molar-refractivity contribution is -0.141. The van der Waals surface area contributed by atoms with Gasteiger partial charge in [-0.1, -0.05) is 12.1 Å². The number of amides is 4. The summed E-state index contributed by atoms with van der Waals surface area (Å²) in [6.07, 6.45) is 5.16. The van der Waals surface area contributed by atoms with E-state index < -0.39 is 35.7 Å². The van der Waals surface area contributed by atoms with Crippen LogP contribution in [0.1, 0.15) is 40.7 Å². The fourth-order valence-corrected chi connectivity index (χ4v) is 6.15. The molecule has 4 amide bonds. The molecule has 0 unspecified atom stereocenters. The van der Waals surface area contributed by atoms with Crippen molar-refractivity contribution < 1.29 is 28.3 Å². The predicted octanol–water partition coefficient (Wildman–Crippen LogP) is 2.76. The van der Waals surface area contributed by atoms with Crippen LogP contribution in [0.15, 0.2) is 48.8 Å². The highest BCUT2D eigenvalue weighted by Gasteiger charge is 2.58. The molecule has 40 heavy (non-hydrogen) atoms. The van der Waals surface area contributed by atoms with Crippen molar-refractivity contribution in [2.24, 2.45) is 13.0 Å². The fourth-order valence-electron chi connectivity index (χ4n) is 6.15. The van der Waals surface area contributed by atoms with E-state index in [1.165, 1.54) is 12.1 Å². The molecule has 2 aliphatic heterocycles. The van der Waals surface area contributed by atoms with Crippen LogP contribution in [-0.4, -0.2) is 62.4 Å². The fraction of sp³-hybridized carbons (Fsp3) is 0.345. The Morgan fingerprint density at radius 1 is 1.15 bits per heavy atom. The van der Waals surface area contributed by atoms with Gasteiger partial charge >= 0.3 is 6.03 Å². The molecule has 2 aromatic carbocycles. The van der Waals surface area contributed by atoms with Crippen LogP contribution in [0, 0.1) is 11.7 Å². The second-order valence-corrected chi connectivity index (χ2v) is 11.0. The Hall–Kier alpha value is -4.54. The molecule has 4 aliphatic rings. The van der Waals surface area contributed by atoms with Crippen molar-refractivity contribution >= 4 is 23.6 Å². The van der Waals surface area contributed by atoms with Crippen LogP contribution in [0.5, 0.6) is 5.75 Å². The van der Waals surface area contributed by atoms with Crippen molar-refractivity contribution in [1.29, 1.82) is 0 Å². The highest BCUT2D eigenvalue weighted by atomic mass is 19.1. The molecule has 1 saturated heterocycles. The van der Waals surface area contributed by atoms with E-state index in [0.717, 1.165) is 28.9 Å². The zero-order valence-corrected chi connectivity index (χ0v) is 21.7. The lowest BCUT2D eigenvalue weighted by Crippen LogP contribution is -2.49. The van der Waals surface area contributed by atoms with Crippen LogP contribution in [0.25, 0.3) is 11.1 Å². The highest BCUT2D eigenvalue weighted by Crippen LogP contribution is 2.43. The second kappa shape index (κ2) is 8.73. The van der Waals surface area contributed by atoms with Crippen molar-refractivity contribution in [3.63, 3.8) is 0 Å². The number of ketones is 1. The van der Waals surface area contributed by atoms with E-state index in [1.807, 2.05) is 6.20 Å². The van der Waals surface area contributed by atoms with Gasteiger partial charge in [0.15, 0.2) is 11.3 Å². The van der Waals surface area contributed by atoms with Crippen LogP contribution in [0.2, 0.25) is 0 Å². The van der Waals surface area contributed by atoms with E-state index >= 15 is 0 Å². The zero-order valence-electron chi connectivity index (χ0n) is 21.7. The van der Waals surface area contributed by atoms with Gasteiger partial charge in [0.25, 0.3) is 5.91 Å². The first kappa shape index (κ1) is 24.5. The number of carbonyl (C=O) groups is 4. The summed E-state index contributed by atoms with van der Waals surface area (Å²) in [4.78, 5) is 56.2. The van der Waals surface area contributed by atoms with Crippen molar-refractivity contribution in [3.8, 4) is 16.9 Å². The molecule has 3 heterocycles. The Balaban J connectivity index is 1.16. The second-order valence-electron chi connectivity index (χ2n) is 11.0. The number of nitrogens with one attached hydrogen (secondary N) is 1. The van der Waals surface area contributed by atoms with Crippen LogP contribution in [0.3, 0.4) is 0 Å². The number of urea groups is 1. The first-order valence-electron chi connectivity index (χ1n) is 13.2. The van der Waals surface area contributed by atoms with Gasteiger partial charge in [0, 0.05) is 42.9 Å². The minimum absolute atomic E-state index is 0.111. The number of nitrogens with zero attached hydrogens (tertiary/aromatic N) is 4.